The molecule has 3 heteroatoms. The van der Waals surface area contributed by atoms with E-state index in [9.17, 15) is 0 Å². The summed E-state index contributed by atoms with van der Waals surface area (Å²) in [6, 6.07) is 62.7. The number of benzene rings is 7. The van der Waals surface area contributed by atoms with Crippen LogP contribution in [0.1, 0.15) is 11.1 Å². The summed E-state index contributed by atoms with van der Waals surface area (Å²) in [6.07, 6.45) is 0.794. The van der Waals surface area contributed by atoms with Crippen molar-refractivity contribution in [3.8, 4) is 61.8 Å². The Kier molecular flexibility index (Phi) is 6.56. The highest BCUT2D eigenvalue weighted by atomic mass is 15.0. The molecule has 0 amide bonds. The first-order valence-corrected chi connectivity index (χ1v) is 17.1. The second-order valence-electron chi connectivity index (χ2n) is 13.0. The van der Waals surface area contributed by atoms with E-state index in [1.807, 2.05) is 18.2 Å². The van der Waals surface area contributed by atoms with Gasteiger partial charge in [0.1, 0.15) is 0 Å². The number of aromatic nitrogens is 3. The van der Waals surface area contributed by atoms with Crippen molar-refractivity contribution in [2.45, 2.75) is 6.42 Å². The average molecular weight is 638 g/mol. The van der Waals surface area contributed by atoms with E-state index in [1.54, 1.807) is 0 Å². The van der Waals surface area contributed by atoms with Gasteiger partial charge in [-0.3, -0.25) is 0 Å². The zero-order chi connectivity index (χ0) is 33.0. The topological polar surface area (TPSA) is 30.7 Å². The molecule has 50 heavy (non-hydrogen) atoms. The smallest absolute Gasteiger partial charge is 0.160 e. The number of nitrogens with zero attached hydrogens (tertiary/aromatic N) is 3. The summed E-state index contributed by atoms with van der Waals surface area (Å²) in [7, 11) is 0. The molecule has 2 heterocycles. The molecule has 1 aliphatic carbocycles. The molecule has 0 fully saturated rings. The zero-order valence-electron chi connectivity index (χ0n) is 27.3. The van der Waals surface area contributed by atoms with Gasteiger partial charge in [0.15, 0.2) is 5.82 Å². The summed E-state index contributed by atoms with van der Waals surface area (Å²) in [6.45, 7) is 0. The molecule has 0 aliphatic heterocycles. The van der Waals surface area contributed by atoms with Gasteiger partial charge in [0, 0.05) is 45.1 Å². The highest BCUT2D eigenvalue weighted by Crippen LogP contribution is 2.45. The minimum atomic E-state index is 0.758. The van der Waals surface area contributed by atoms with E-state index in [0.717, 1.165) is 34.8 Å². The van der Waals surface area contributed by atoms with Gasteiger partial charge in [-0.1, -0.05) is 152 Å². The van der Waals surface area contributed by atoms with Crippen LogP contribution in [-0.2, 0) is 6.42 Å². The molecule has 10 rings (SSSR count). The van der Waals surface area contributed by atoms with E-state index in [2.05, 4.69) is 162 Å². The van der Waals surface area contributed by atoms with Gasteiger partial charge in [-0.25, -0.2) is 9.97 Å². The van der Waals surface area contributed by atoms with E-state index < -0.39 is 0 Å². The average Bonchev–Trinajstić information content (AvgIpc) is 3.74. The summed E-state index contributed by atoms with van der Waals surface area (Å²) >= 11 is 0. The predicted octanol–water partition coefficient (Wildman–Crippen LogP) is 11.8. The Labute approximate surface area is 290 Å². The van der Waals surface area contributed by atoms with Crippen LogP contribution in [0, 0.1) is 0 Å². The van der Waals surface area contributed by atoms with E-state index >= 15 is 0 Å². The molecule has 0 N–H and O–H groups in total. The van der Waals surface area contributed by atoms with E-state index in [-0.39, 0.29) is 0 Å². The fraction of sp³-hybridized carbons (Fsp3) is 0.0213. The predicted molar refractivity (Wildman–Crippen MR) is 206 cm³/mol. The van der Waals surface area contributed by atoms with Gasteiger partial charge in [-0.2, -0.15) is 0 Å². The minimum absolute atomic E-state index is 0.758. The van der Waals surface area contributed by atoms with Crippen molar-refractivity contribution in [2.24, 2.45) is 0 Å². The second kappa shape index (κ2) is 11.5. The molecule has 9 aromatic rings. The van der Waals surface area contributed by atoms with E-state index in [4.69, 9.17) is 9.97 Å². The van der Waals surface area contributed by atoms with Crippen molar-refractivity contribution < 1.29 is 0 Å². The van der Waals surface area contributed by atoms with Crippen molar-refractivity contribution in [1.82, 2.24) is 14.5 Å². The monoisotopic (exact) mass is 637 g/mol. The molecule has 0 spiro atoms. The Morgan fingerprint density at radius 2 is 0.980 bits per heavy atom. The first kappa shape index (κ1) is 28.4. The van der Waals surface area contributed by atoms with Crippen LogP contribution in [0.4, 0.5) is 0 Å². The Hall–Kier alpha value is -6.58. The molecule has 0 atom stereocenters. The van der Waals surface area contributed by atoms with Crippen molar-refractivity contribution in [1.29, 1.82) is 0 Å². The summed E-state index contributed by atoms with van der Waals surface area (Å²) in [5, 5.41) is 2.53. The standard InChI is InChI=1S/C47H31N3/c1-4-13-33(14-5-1)45-42-30-41-37(20-12-21-40(41)46(42)49-47(48-45)34-15-6-2-7-16-34)32-25-23-31(24-26-32)35-27-28-39-38-19-10-11-22-43(38)50(44(39)29-35)36-17-8-3-9-18-36/h1-29H,30H2. The Morgan fingerprint density at radius 3 is 1.76 bits per heavy atom. The lowest BCUT2D eigenvalue weighted by Crippen LogP contribution is -1.99. The summed E-state index contributed by atoms with van der Waals surface area (Å²) in [4.78, 5) is 10.4. The molecule has 2 aromatic heterocycles. The molecule has 0 saturated heterocycles. The van der Waals surface area contributed by atoms with Crippen molar-refractivity contribution in [2.75, 3.05) is 0 Å². The highest BCUT2D eigenvalue weighted by molar-refractivity contribution is 6.10. The third-order valence-corrected chi connectivity index (χ3v) is 10.1. The lowest BCUT2D eigenvalue weighted by molar-refractivity contribution is 1.13. The van der Waals surface area contributed by atoms with Crippen LogP contribution in [0.2, 0.25) is 0 Å². The van der Waals surface area contributed by atoms with Gasteiger partial charge in [-0.05, 0) is 52.1 Å². The van der Waals surface area contributed by atoms with Gasteiger partial charge in [0.05, 0.1) is 22.4 Å². The molecule has 0 radical (unpaired) electrons. The van der Waals surface area contributed by atoms with Crippen molar-refractivity contribution in [3.63, 3.8) is 0 Å². The quantitative estimate of drug-likeness (QED) is 0.188. The van der Waals surface area contributed by atoms with Crippen LogP contribution in [0.15, 0.2) is 176 Å². The minimum Gasteiger partial charge on any atom is -0.309 e. The first-order chi connectivity index (χ1) is 24.8. The van der Waals surface area contributed by atoms with Crippen LogP contribution >= 0.6 is 0 Å². The lowest BCUT2D eigenvalue weighted by atomic mass is 9.94. The Balaban J connectivity index is 1.06. The summed E-state index contributed by atoms with van der Waals surface area (Å²) < 4.78 is 2.38. The van der Waals surface area contributed by atoms with Crippen LogP contribution in [0.5, 0.6) is 0 Å². The van der Waals surface area contributed by atoms with Crippen LogP contribution in [0.3, 0.4) is 0 Å². The van der Waals surface area contributed by atoms with Gasteiger partial charge in [0.2, 0.25) is 0 Å². The molecule has 234 valence electrons. The number of rotatable bonds is 5. The SMILES string of the molecule is c1ccc(-c2nc(-c3ccccc3)c3c(n2)-c2cccc(-c4ccc(-c5ccc6c7ccccc7n(-c7ccccc7)c6c5)cc4)c2C3)cc1. The molecule has 1 aliphatic rings. The molecule has 0 bridgehead atoms. The normalized spacial score (nSPS) is 11.9. The van der Waals surface area contributed by atoms with Gasteiger partial charge >= 0.3 is 0 Å². The number of para-hydroxylation sites is 2. The van der Waals surface area contributed by atoms with Crippen molar-refractivity contribution in [3.05, 3.63) is 187 Å². The molecule has 3 nitrogen and oxygen atoms in total. The van der Waals surface area contributed by atoms with Crippen LogP contribution < -0.4 is 0 Å². The lowest BCUT2D eigenvalue weighted by Gasteiger charge is -2.11. The molecule has 0 saturated carbocycles. The molecular formula is C47H31N3. The second-order valence-corrected chi connectivity index (χ2v) is 13.0. The molecule has 0 unspecified atom stereocenters. The summed E-state index contributed by atoms with van der Waals surface area (Å²) in [5.41, 5.74) is 16.3. The Morgan fingerprint density at radius 1 is 0.380 bits per heavy atom. The van der Waals surface area contributed by atoms with Crippen LogP contribution in [-0.4, -0.2) is 14.5 Å². The van der Waals surface area contributed by atoms with Gasteiger partial charge in [-0.15, -0.1) is 0 Å². The highest BCUT2D eigenvalue weighted by Gasteiger charge is 2.28. The largest absolute Gasteiger partial charge is 0.309 e. The maximum atomic E-state index is 5.20. The van der Waals surface area contributed by atoms with E-state index in [1.165, 1.54) is 66.4 Å². The van der Waals surface area contributed by atoms with Crippen LogP contribution in [0.25, 0.3) is 83.6 Å². The van der Waals surface area contributed by atoms with Gasteiger partial charge in [0.25, 0.3) is 0 Å². The first-order valence-electron chi connectivity index (χ1n) is 17.1. The fourth-order valence-corrected chi connectivity index (χ4v) is 7.72. The maximum absolute atomic E-state index is 5.20. The third kappa shape index (κ3) is 4.59. The number of hydrogen-bond acceptors (Lipinski definition) is 2. The molecule has 7 aromatic carbocycles. The maximum Gasteiger partial charge on any atom is 0.160 e. The fourth-order valence-electron chi connectivity index (χ4n) is 7.72. The summed E-state index contributed by atoms with van der Waals surface area (Å²) in [5.74, 6) is 0.758. The number of fused-ring (bicyclic) bond motifs is 6. The third-order valence-electron chi connectivity index (χ3n) is 10.1. The van der Waals surface area contributed by atoms with E-state index in [0.29, 0.717) is 0 Å². The van der Waals surface area contributed by atoms with Gasteiger partial charge < -0.3 is 4.57 Å². The zero-order valence-corrected chi connectivity index (χ0v) is 27.3. The Bertz CT molecular complexity index is 2690. The van der Waals surface area contributed by atoms with Crippen molar-refractivity contribution >= 4 is 21.8 Å². The molecular weight excluding hydrogens is 607 g/mol. The number of hydrogen-bond donors (Lipinski definition) is 0.